The fourth-order valence-electron chi connectivity index (χ4n) is 2.22. The van der Waals surface area contributed by atoms with Gasteiger partial charge in [0.15, 0.2) is 11.6 Å². The molecular weight excluding hydrogens is 219 g/mol. The van der Waals surface area contributed by atoms with E-state index in [1.165, 1.54) is 20.0 Å². The van der Waals surface area contributed by atoms with Crippen LogP contribution in [0.1, 0.15) is 25.3 Å². The Morgan fingerprint density at radius 2 is 2.18 bits per heavy atom. The standard InChI is InChI=1S/C14H19FO2/c1-9(10-6-7-10)12(16)8-11-4-3-5-13(17-2)14(11)15/h3-5,9-10,12,16H,6-8H2,1-2H3. The van der Waals surface area contributed by atoms with E-state index in [0.29, 0.717) is 17.9 Å². The molecule has 2 atom stereocenters. The highest BCUT2D eigenvalue weighted by Gasteiger charge is 2.32. The third-order valence-corrected chi connectivity index (χ3v) is 3.66. The van der Waals surface area contributed by atoms with Crippen molar-refractivity contribution in [2.24, 2.45) is 11.8 Å². The van der Waals surface area contributed by atoms with Crippen LogP contribution in [0, 0.1) is 17.7 Å². The van der Waals surface area contributed by atoms with Crippen LogP contribution >= 0.6 is 0 Å². The molecule has 1 N–H and O–H groups in total. The number of ether oxygens (including phenoxy) is 1. The molecule has 2 nitrogen and oxygen atoms in total. The fraction of sp³-hybridized carbons (Fsp3) is 0.571. The topological polar surface area (TPSA) is 29.5 Å². The molecule has 1 aliphatic rings. The first-order valence-corrected chi connectivity index (χ1v) is 6.13. The van der Waals surface area contributed by atoms with E-state index in [-0.39, 0.29) is 17.5 Å². The van der Waals surface area contributed by atoms with Crippen LogP contribution < -0.4 is 4.74 Å². The maximum atomic E-state index is 13.9. The number of methoxy groups -OCH3 is 1. The van der Waals surface area contributed by atoms with Crippen molar-refractivity contribution >= 4 is 0 Å². The molecule has 2 rings (SSSR count). The molecule has 3 heteroatoms. The van der Waals surface area contributed by atoms with Crippen molar-refractivity contribution in [3.05, 3.63) is 29.6 Å². The molecule has 0 bridgehead atoms. The van der Waals surface area contributed by atoms with Gasteiger partial charge in [-0.05, 0) is 36.3 Å². The molecule has 0 radical (unpaired) electrons. The predicted molar refractivity (Wildman–Crippen MR) is 64.6 cm³/mol. The summed E-state index contributed by atoms with van der Waals surface area (Å²) in [5, 5.41) is 10.1. The molecule has 0 heterocycles. The highest BCUT2D eigenvalue weighted by molar-refractivity contribution is 5.31. The Kier molecular flexibility index (Phi) is 3.67. The molecule has 1 aliphatic carbocycles. The summed E-state index contributed by atoms with van der Waals surface area (Å²) in [4.78, 5) is 0. The predicted octanol–water partition coefficient (Wildman–Crippen LogP) is 2.78. The summed E-state index contributed by atoms with van der Waals surface area (Å²) in [5.74, 6) is 0.769. The second kappa shape index (κ2) is 5.05. The number of benzene rings is 1. The molecule has 0 spiro atoms. The average Bonchev–Trinajstić information content (AvgIpc) is 3.15. The number of hydrogen-bond donors (Lipinski definition) is 1. The number of halogens is 1. The smallest absolute Gasteiger partial charge is 0.168 e. The van der Waals surface area contributed by atoms with Crippen molar-refractivity contribution in [1.29, 1.82) is 0 Å². The number of hydrogen-bond acceptors (Lipinski definition) is 2. The minimum atomic E-state index is -0.468. The minimum Gasteiger partial charge on any atom is -0.494 e. The van der Waals surface area contributed by atoms with E-state index in [2.05, 4.69) is 0 Å². The number of aliphatic hydroxyl groups is 1. The van der Waals surface area contributed by atoms with Gasteiger partial charge in [-0.15, -0.1) is 0 Å². The maximum Gasteiger partial charge on any atom is 0.168 e. The Balaban J connectivity index is 2.07. The first-order chi connectivity index (χ1) is 8.13. The molecule has 1 fully saturated rings. The lowest BCUT2D eigenvalue weighted by Gasteiger charge is -2.19. The second-order valence-electron chi connectivity index (χ2n) is 4.90. The average molecular weight is 238 g/mol. The Morgan fingerprint density at radius 3 is 2.76 bits per heavy atom. The van der Waals surface area contributed by atoms with Gasteiger partial charge in [-0.3, -0.25) is 0 Å². The van der Waals surface area contributed by atoms with Crippen LogP contribution in [0.2, 0.25) is 0 Å². The Labute approximate surface area is 101 Å². The number of aliphatic hydroxyl groups excluding tert-OH is 1. The maximum absolute atomic E-state index is 13.9. The zero-order valence-electron chi connectivity index (χ0n) is 10.3. The summed E-state index contributed by atoms with van der Waals surface area (Å²) in [7, 11) is 1.45. The molecule has 1 saturated carbocycles. The lowest BCUT2D eigenvalue weighted by atomic mass is 9.93. The summed E-state index contributed by atoms with van der Waals surface area (Å²) >= 11 is 0. The van der Waals surface area contributed by atoms with Crippen LogP contribution in [0.15, 0.2) is 18.2 Å². The molecule has 17 heavy (non-hydrogen) atoms. The zero-order valence-corrected chi connectivity index (χ0v) is 10.3. The van der Waals surface area contributed by atoms with Gasteiger partial charge in [0.2, 0.25) is 0 Å². The monoisotopic (exact) mass is 238 g/mol. The van der Waals surface area contributed by atoms with Crippen molar-refractivity contribution in [2.45, 2.75) is 32.3 Å². The number of rotatable bonds is 5. The highest BCUT2D eigenvalue weighted by Crippen LogP contribution is 2.39. The van der Waals surface area contributed by atoms with Gasteiger partial charge in [0.25, 0.3) is 0 Å². The van der Waals surface area contributed by atoms with Crippen LogP contribution in [0.5, 0.6) is 5.75 Å². The second-order valence-corrected chi connectivity index (χ2v) is 4.90. The molecule has 0 saturated heterocycles. The lowest BCUT2D eigenvalue weighted by Crippen LogP contribution is -2.22. The van der Waals surface area contributed by atoms with Gasteiger partial charge in [0, 0.05) is 6.42 Å². The van der Waals surface area contributed by atoms with Crippen LogP contribution in [0.4, 0.5) is 4.39 Å². The van der Waals surface area contributed by atoms with E-state index in [9.17, 15) is 9.50 Å². The molecule has 0 aliphatic heterocycles. The van der Waals surface area contributed by atoms with Gasteiger partial charge in [0.1, 0.15) is 0 Å². The van der Waals surface area contributed by atoms with E-state index < -0.39 is 6.10 Å². The van der Waals surface area contributed by atoms with Crippen LogP contribution in [-0.2, 0) is 6.42 Å². The Hall–Kier alpha value is -1.09. The molecule has 1 aromatic carbocycles. The molecule has 0 amide bonds. The van der Waals surface area contributed by atoms with Gasteiger partial charge in [0.05, 0.1) is 13.2 Å². The van der Waals surface area contributed by atoms with Gasteiger partial charge >= 0.3 is 0 Å². The van der Waals surface area contributed by atoms with Crippen molar-refractivity contribution in [2.75, 3.05) is 7.11 Å². The van der Waals surface area contributed by atoms with Gasteiger partial charge in [-0.1, -0.05) is 19.1 Å². The molecule has 94 valence electrons. The van der Waals surface area contributed by atoms with Crippen molar-refractivity contribution in [3.8, 4) is 5.75 Å². The van der Waals surface area contributed by atoms with Crippen molar-refractivity contribution in [3.63, 3.8) is 0 Å². The normalized spacial score (nSPS) is 18.8. The minimum absolute atomic E-state index is 0.244. The summed E-state index contributed by atoms with van der Waals surface area (Å²) in [6.07, 6.45) is 2.28. The third-order valence-electron chi connectivity index (χ3n) is 3.66. The van der Waals surface area contributed by atoms with E-state index in [1.54, 1.807) is 18.2 Å². The summed E-state index contributed by atoms with van der Waals surface area (Å²) in [6, 6.07) is 5.06. The van der Waals surface area contributed by atoms with Crippen LogP contribution in [0.3, 0.4) is 0 Å². The van der Waals surface area contributed by atoms with E-state index >= 15 is 0 Å². The quantitative estimate of drug-likeness (QED) is 0.854. The van der Waals surface area contributed by atoms with E-state index in [1.807, 2.05) is 6.92 Å². The Morgan fingerprint density at radius 1 is 1.47 bits per heavy atom. The fourth-order valence-corrected chi connectivity index (χ4v) is 2.22. The van der Waals surface area contributed by atoms with Gasteiger partial charge in [-0.25, -0.2) is 4.39 Å². The van der Waals surface area contributed by atoms with Crippen LogP contribution in [0.25, 0.3) is 0 Å². The first-order valence-electron chi connectivity index (χ1n) is 6.13. The lowest BCUT2D eigenvalue weighted by molar-refractivity contribution is 0.104. The molecule has 1 aromatic rings. The molecular formula is C14H19FO2. The van der Waals surface area contributed by atoms with Crippen molar-refractivity contribution in [1.82, 2.24) is 0 Å². The summed E-state index contributed by atoms with van der Waals surface area (Å²) in [6.45, 7) is 2.04. The molecule has 2 unspecified atom stereocenters. The van der Waals surface area contributed by atoms with Crippen molar-refractivity contribution < 1.29 is 14.2 Å². The largest absolute Gasteiger partial charge is 0.494 e. The third kappa shape index (κ3) is 2.78. The Bertz CT molecular complexity index is 388. The van der Waals surface area contributed by atoms with E-state index in [0.717, 1.165) is 0 Å². The highest BCUT2D eigenvalue weighted by atomic mass is 19.1. The van der Waals surface area contributed by atoms with Crippen LogP contribution in [-0.4, -0.2) is 18.3 Å². The summed E-state index contributed by atoms with van der Waals surface area (Å²) in [5.41, 5.74) is 0.532. The first kappa shape index (κ1) is 12.4. The van der Waals surface area contributed by atoms with Gasteiger partial charge < -0.3 is 9.84 Å². The zero-order chi connectivity index (χ0) is 12.4. The molecule has 0 aromatic heterocycles. The summed E-state index contributed by atoms with van der Waals surface area (Å²) < 4.78 is 18.8. The van der Waals surface area contributed by atoms with E-state index in [4.69, 9.17) is 4.74 Å². The SMILES string of the molecule is COc1cccc(CC(O)C(C)C2CC2)c1F. The van der Waals surface area contributed by atoms with Gasteiger partial charge in [-0.2, -0.15) is 0 Å².